The van der Waals surface area contributed by atoms with Gasteiger partial charge in [0.2, 0.25) is 0 Å². The zero-order valence-electron chi connectivity index (χ0n) is 11.9. The lowest BCUT2D eigenvalue weighted by molar-refractivity contribution is 0.282. The highest BCUT2D eigenvalue weighted by Crippen LogP contribution is 2.32. The van der Waals surface area contributed by atoms with Crippen LogP contribution in [-0.4, -0.2) is 18.2 Å². The molecule has 1 N–H and O–H groups in total. The van der Waals surface area contributed by atoms with Crippen LogP contribution in [0.3, 0.4) is 0 Å². The zero-order chi connectivity index (χ0) is 14.7. The molecule has 2 aromatic rings. The van der Waals surface area contributed by atoms with E-state index >= 15 is 0 Å². The molecule has 0 bridgehead atoms. The van der Waals surface area contributed by atoms with Crippen LogP contribution in [0, 0.1) is 11.3 Å². The van der Waals surface area contributed by atoms with Crippen molar-refractivity contribution in [3.05, 3.63) is 65.2 Å². The van der Waals surface area contributed by atoms with Crippen molar-refractivity contribution in [2.75, 3.05) is 18.0 Å². The molecule has 1 fully saturated rings. The van der Waals surface area contributed by atoms with Crippen LogP contribution in [0.25, 0.3) is 0 Å². The van der Waals surface area contributed by atoms with Crippen LogP contribution in [0.2, 0.25) is 0 Å². The number of hydrogen-bond donors (Lipinski definition) is 1. The van der Waals surface area contributed by atoms with E-state index < -0.39 is 0 Å². The first-order valence-corrected chi connectivity index (χ1v) is 7.25. The van der Waals surface area contributed by atoms with Crippen LogP contribution in [0.1, 0.15) is 29.0 Å². The zero-order valence-corrected chi connectivity index (χ0v) is 11.9. The van der Waals surface area contributed by atoms with Crippen molar-refractivity contribution in [3.63, 3.8) is 0 Å². The number of aliphatic hydroxyl groups is 1. The summed E-state index contributed by atoms with van der Waals surface area (Å²) in [5.74, 6) is 0.523. The summed E-state index contributed by atoms with van der Waals surface area (Å²) in [5.41, 5.74) is 3.78. The second-order valence-corrected chi connectivity index (χ2v) is 5.46. The Labute approximate surface area is 125 Å². The van der Waals surface area contributed by atoms with Crippen molar-refractivity contribution in [3.8, 4) is 6.07 Å². The maximum Gasteiger partial charge on any atom is 0.101 e. The van der Waals surface area contributed by atoms with Crippen molar-refractivity contribution in [2.45, 2.75) is 18.9 Å². The van der Waals surface area contributed by atoms with Crippen LogP contribution in [0.5, 0.6) is 0 Å². The maximum absolute atomic E-state index is 9.32. The van der Waals surface area contributed by atoms with Crippen molar-refractivity contribution < 1.29 is 5.11 Å². The molecule has 3 heteroatoms. The molecule has 1 heterocycles. The van der Waals surface area contributed by atoms with E-state index in [1.165, 1.54) is 5.56 Å². The molecule has 21 heavy (non-hydrogen) atoms. The summed E-state index contributed by atoms with van der Waals surface area (Å²) >= 11 is 0. The summed E-state index contributed by atoms with van der Waals surface area (Å²) in [5, 5.41) is 18.5. The van der Waals surface area contributed by atoms with Gasteiger partial charge in [0.25, 0.3) is 0 Å². The third kappa shape index (κ3) is 2.76. The fraction of sp³-hybridized carbons (Fsp3) is 0.278. The third-order valence-corrected chi connectivity index (χ3v) is 4.16. The number of hydrogen-bond acceptors (Lipinski definition) is 3. The highest BCUT2D eigenvalue weighted by atomic mass is 16.3. The minimum atomic E-state index is -0.0262. The Morgan fingerprint density at radius 1 is 1.19 bits per heavy atom. The average molecular weight is 278 g/mol. The molecule has 106 valence electrons. The molecule has 0 radical (unpaired) electrons. The summed E-state index contributed by atoms with van der Waals surface area (Å²) < 4.78 is 0. The molecule has 0 saturated carbocycles. The molecule has 0 spiro atoms. The summed E-state index contributed by atoms with van der Waals surface area (Å²) in [6.45, 7) is 1.88. The minimum Gasteiger partial charge on any atom is -0.392 e. The predicted octanol–water partition coefficient (Wildman–Crippen LogP) is 3.04. The predicted molar refractivity (Wildman–Crippen MR) is 83.1 cm³/mol. The van der Waals surface area contributed by atoms with Gasteiger partial charge in [0.05, 0.1) is 17.9 Å². The number of nitrogens with zero attached hydrogens (tertiary/aromatic N) is 2. The standard InChI is InChI=1S/C18H18N2O/c19-11-17-10-14(13-21)6-7-18(17)20-9-8-16(12-20)15-4-2-1-3-5-15/h1-7,10,16,21H,8-9,12-13H2. The highest BCUT2D eigenvalue weighted by Gasteiger charge is 2.25. The van der Waals surface area contributed by atoms with E-state index in [9.17, 15) is 10.4 Å². The number of aliphatic hydroxyl groups excluding tert-OH is 1. The summed E-state index contributed by atoms with van der Waals surface area (Å²) in [6, 6.07) is 18.4. The van der Waals surface area contributed by atoms with Gasteiger partial charge in [-0.15, -0.1) is 0 Å². The van der Waals surface area contributed by atoms with Crippen LogP contribution in [0.4, 0.5) is 5.69 Å². The average Bonchev–Trinajstić information content (AvgIpc) is 3.04. The van der Waals surface area contributed by atoms with Gasteiger partial charge in [-0.05, 0) is 29.7 Å². The number of anilines is 1. The second-order valence-electron chi connectivity index (χ2n) is 5.46. The Morgan fingerprint density at radius 2 is 2.00 bits per heavy atom. The second kappa shape index (κ2) is 5.99. The van der Waals surface area contributed by atoms with Gasteiger partial charge >= 0.3 is 0 Å². The molecule has 1 unspecified atom stereocenters. The molecule has 2 aromatic carbocycles. The van der Waals surface area contributed by atoms with E-state index in [1.807, 2.05) is 18.2 Å². The normalized spacial score (nSPS) is 17.7. The van der Waals surface area contributed by atoms with Crippen molar-refractivity contribution in [1.82, 2.24) is 0 Å². The topological polar surface area (TPSA) is 47.3 Å². The Hall–Kier alpha value is -2.31. The Morgan fingerprint density at radius 3 is 2.71 bits per heavy atom. The molecule has 1 aliphatic heterocycles. The fourth-order valence-corrected chi connectivity index (χ4v) is 3.02. The van der Waals surface area contributed by atoms with E-state index in [2.05, 4.69) is 35.2 Å². The quantitative estimate of drug-likeness (QED) is 0.938. The van der Waals surface area contributed by atoms with Gasteiger partial charge in [0.15, 0.2) is 0 Å². The summed E-state index contributed by atoms with van der Waals surface area (Å²) in [7, 11) is 0. The molecule has 3 nitrogen and oxygen atoms in total. The molecule has 1 saturated heterocycles. The highest BCUT2D eigenvalue weighted by molar-refractivity contribution is 5.61. The van der Waals surface area contributed by atoms with E-state index in [0.717, 1.165) is 30.8 Å². The van der Waals surface area contributed by atoms with Gasteiger partial charge in [-0.3, -0.25) is 0 Å². The fourth-order valence-electron chi connectivity index (χ4n) is 3.02. The van der Waals surface area contributed by atoms with Gasteiger partial charge in [0.1, 0.15) is 6.07 Å². The summed E-state index contributed by atoms with van der Waals surface area (Å²) in [4.78, 5) is 2.28. The lowest BCUT2D eigenvalue weighted by Gasteiger charge is -2.20. The number of benzene rings is 2. The molecule has 0 aromatic heterocycles. The SMILES string of the molecule is N#Cc1cc(CO)ccc1N1CCC(c2ccccc2)C1. The molecule has 0 aliphatic carbocycles. The molecule has 0 amide bonds. The van der Waals surface area contributed by atoms with Crippen molar-refractivity contribution in [1.29, 1.82) is 5.26 Å². The van der Waals surface area contributed by atoms with E-state index in [0.29, 0.717) is 11.5 Å². The number of nitriles is 1. The van der Waals surface area contributed by atoms with Crippen LogP contribution < -0.4 is 4.90 Å². The first kappa shape index (κ1) is 13.7. The third-order valence-electron chi connectivity index (χ3n) is 4.16. The van der Waals surface area contributed by atoms with Crippen LogP contribution in [0.15, 0.2) is 48.5 Å². The van der Waals surface area contributed by atoms with Gasteiger partial charge < -0.3 is 10.0 Å². The van der Waals surface area contributed by atoms with Crippen LogP contribution in [-0.2, 0) is 6.61 Å². The smallest absolute Gasteiger partial charge is 0.101 e. The monoisotopic (exact) mass is 278 g/mol. The van der Waals surface area contributed by atoms with E-state index in [-0.39, 0.29) is 6.61 Å². The first-order valence-electron chi connectivity index (χ1n) is 7.25. The largest absolute Gasteiger partial charge is 0.392 e. The maximum atomic E-state index is 9.32. The van der Waals surface area contributed by atoms with Crippen molar-refractivity contribution in [2.24, 2.45) is 0 Å². The lowest BCUT2D eigenvalue weighted by Crippen LogP contribution is -2.20. The minimum absolute atomic E-state index is 0.0262. The van der Waals surface area contributed by atoms with Gasteiger partial charge in [-0.25, -0.2) is 0 Å². The lowest BCUT2D eigenvalue weighted by atomic mass is 9.99. The van der Waals surface area contributed by atoms with Gasteiger partial charge in [-0.1, -0.05) is 36.4 Å². The van der Waals surface area contributed by atoms with Crippen LogP contribution >= 0.6 is 0 Å². The Balaban J connectivity index is 1.82. The molecule has 3 rings (SSSR count). The van der Waals surface area contributed by atoms with E-state index in [1.54, 1.807) is 6.07 Å². The summed E-state index contributed by atoms with van der Waals surface area (Å²) in [6.07, 6.45) is 1.11. The van der Waals surface area contributed by atoms with E-state index in [4.69, 9.17) is 0 Å². The number of rotatable bonds is 3. The molecule has 1 atom stereocenters. The van der Waals surface area contributed by atoms with Gasteiger partial charge in [0, 0.05) is 19.0 Å². The molecule has 1 aliphatic rings. The molecular formula is C18H18N2O. The first-order chi connectivity index (χ1) is 10.3. The van der Waals surface area contributed by atoms with Gasteiger partial charge in [-0.2, -0.15) is 5.26 Å². The Bertz CT molecular complexity index is 661. The Kier molecular flexibility index (Phi) is 3.89. The molecular weight excluding hydrogens is 260 g/mol. The van der Waals surface area contributed by atoms with Crippen molar-refractivity contribution >= 4 is 5.69 Å².